The van der Waals surface area contributed by atoms with Crippen molar-refractivity contribution in [2.75, 3.05) is 19.1 Å². The van der Waals surface area contributed by atoms with Crippen LogP contribution in [0.2, 0.25) is 0 Å². The van der Waals surface area contributed by atoms with E-state index in [-0.39, 0.29) is 28.6 Å². The summed E-state index contributed by atoms with van der Waals surface area (Å²) in [5, 5.41) is 11.3. The molecule has 2 heterocycles. The molecule has 9 heteroatoms. The first-order valence-electron chi connectivity index (χ1n) is 11.5. The molecule has 3 aromatic rings. The highest BCUT2D eigenvalue weighted by atomic mass is 16.5. The maximum absolute atomic E-state index is 13.4. The molecule has 9 nitrogen and oxygen atoms in total. The first-order valence-corrected chi connectivity index (χ1v) is 11.5. The van der Waals surface area contributed by atoms with Crippen molar-refractivity contribution < 1.29 is 33.7 Å². The first-order chi connectivity index (χ1) is 17.8. The van der Waals surface area contributed by atoms with Crippen molar-refractivity contribution in [3.63, 3.8) is 0 Å². The molecule has 4 rings (SSSR count). The molecule has 1 aromatic heterocycles. The summed E-state index contributed by atoms with van der Waals surface area (Å²) in [6, 6.07) is 13.3. The van der Waals surface area contributed by atoms with E-state index < -0.39 is 23.7 Å². The number of aliphatic hydroxyl groups is 1. The number of methoxy groups -OCH3 is 2. The minimum absolute atomic E-state index is 0.125. The summed E-state index contributed by atoms with van der Waals surface area (Å²) in [5.41, 5.74) is 1.15. The highest BCUT2D eigenvalue weighted by Gasteiger charge is 2.47. The molecule has 0 bridgehead atoms. The second kappa shape index (κ2) is 10.5. The number of Topliss-reactive ketones (excluding diaryl/α,β-unsaturated/α-hetero) is 1. The highest BCUT2D eigenvalue weighted by molar-refractivity contribution is 6.51. The third-order valence-electron chi connectivity index (χ3n) is 5.80. The predicted molar refractivity (Wildman–Crippen MR) is 136 cm³/mol. The van der Waals surface area contributed by atoms with Crippen LogP contribution in [0.15, 0.2) is 72.6 Å². The molecule has 0 radical (unpaired) electrons. The van der Waals surface area contributed by atoms with Crippen LogP contribution in [-0.4, -0.2) is 48.1 Å². The number of carbonyl (C=O) groups is 3. The number of ether oxygens (including phenoxy) is 3. The monoisotopic (exact) mass is 502 g/mol. The average molecular weight is 503 g/mol. The Balaban J connectivity index is 1.88. The zero-order valence-electron chi connectivity index (χ0n) is 20.8. The van der Waals surface area contributed by atoms with Crippen LogP contribution in [0, 0.1) is 0 Å². The number of ketones is 1. The van der Waals surface area contributed by atoms with E-state index in [9.17, 15) is 19.5 Å². The molecule has 0 aliphatic carbocycles. The number of carbonyl (C=O) groups excluding carboxylic acids is 3. The molecule has 1 saturated heterocycles. The second-order valence-electron chi connectivity index (χ2n) is 8.53. The van der Waals surface area contributed by atoms with Crippen LogP contribution in [0.3, 0.4) is 0 Å². The number of hydrogen-bond donors (Lipinski definition) is 1. The third-order valence-corrected chi connectivity index (χ3v) is 5.80. The van der Waals surface area contributed by atoms with Gasteiger partial charge < -0.3 is 19.3 Å². The summed E-state index contributed by atoms with van der Waals surface area (Å²) >= 11 is 0. The lowest BCUT2D eigenvalue weighted by atomic mass is 9.96. The lowest BCUT2D eigenvalue weighted by Crippen LogP contribution is -2.29. The molecule has 1 aliphatic heterocycles. The van der Waals surface area contributed by atoms with Crippen molar-refractivity contribution in [3.8, 4) is 11.5 Å². The molecular weight excluding hydrogens is 476 g/mol. The smallest absolute Gasteiger partial charge is 0.338 e. The third kappa shape index (κ3) is 4.88. The number of esters is 1. The van der Waals surface area contributed by atoms with Crippen LogP contribution < -0.4 is 14.4 Å². The fourth-order valence-electron chi connectivity index (χ4n) is 4.16. The molecule has 1 fully saturated rings. The van der Waals surface area contributed by atoms with Crippen molar-refractivity contribution in [2.45, 2.75) is 26.0 Å². The fourth-order valence-corrected chi connectivity index (χ4v) is 4.16. The van der Waals surface area contributed by atoms with Crippen molar-refractivity contribution in [1.29, 1.82) is 0 Å². The van der Waals surface area contributed by atoms with E-state index in [1.807, 2.05) is 0 Å². The fraction of sp³-hybridized carbons (Fsp3) is 0.214. The van der Waals surface area contributed by atoms with E-state index in [0.29, 0.717) is 22.7 Å². The van der Waals surface area contributed by atoms with Crippen LogP contribution in [0.4, 0.5) is 5.69 Å². The van der Waals surface area contributed by atoms with E-state index in [1.165, 1.54) is 37.4 Å². The normalized spacial score (nSPS) is 16.7. The Morgan fingerprint density at radius 2 is 1.73 bits per heavy atom. The van der Waals surface area contributed by atoms with Gasteiger partial charge in [-0.25, -0.2) is 4.79 Å². The van der Waals surface area contributed by atoms with Gasteiger partial charge in [0.05, 0.1) is 37.5 Å². The summed E-state index contributed by atoms with van der Waals surface area (Å²) in [6.07, 6.45) is 2.75. The second-order valence-corrected chi connectivity index (χ2v) is 8.53. The van der Waals surface area contributed by atoms with E-state index in [4.69, 9.17) is 14.2 Å². The lowest BCUT2D eigenvalue weighted by Gasteiger charge is -2.25. The Hall–Kier alpha value is -4.66. The number of benzene rings is 2. The molecule has 1 atom stereocenters. The molecule has 0 saturated carbocycles. The van der Waals surface area contributed by atoms with Crippen LogP contribution in [0.1, 0.15) is 41.4 Å². The van der Waals surface area contributed by atoms with E-state index >= 15 is 0 Å². The molecule has 2 aromatic carbocycles. The molecule has 37 heavy (non-hydrogen) atoms. The van der Waals surface area contributed by atoms with E-state index in [0.717, 1.165) is 0 Å². The quantitative estimate of drug-likeness (QED) is 0.220. The minimum atomic E-state index is -1.00. The SMILES string of the molecule is COc1ccc(/C(O)=C2\C(=O)C(=O)N(c3cccc(C(=O)OC(C)C)c3)C2c2cccnc2)cc1OC. The van der Waals surface area contributed by atoms with Gasteiger partial charge in [0, 0.05) is 23.6 Å². The minimum Gasteiger partial charge on any atom is -0.507 e. The molecular formula is C28H26N2O7. The Morgan fingerprint density at radius 1 is 0.973 bits per heavy atom. The maximum Gasteiger partial charge on any atom is 0.338 e. The predicted octanol–water partition coefficient (Wildman–Crippen LogP) is 4.29. The molecule has 190 valence electrons. The van der Waals surface area contributed by atoms with Gasteiger partial charge >= 0.3 is 5.97 Å². The Labute approximate surface area is 213 Å². The summed E-state index contributed by atoms with van der Waals surface area (Å²) in [6.45, 7) is 3.47. The van der Waals surface area contributed by atoms with E-state index in [1.54, 1.807) is 62.5 Å². The number of aliphatic hydroxyl groups excluding tert-OH is 1. The van der Waals surface area contributed by atoms with Crippen molar-refractivity contribution >= 4 is 29.1 Å². The van der Waals surface area contributed by atoms with Gasteiger partial charge in [0.15, 0.2) is 11.5 Å². The first kappa shape index (κ1) is 25.4. The lowest BCUT2D eigenvalue weighted by molar-refractivity contribution is -0.132. The number of hydrogen-bond acceptors (Lipinski definition) is 8. The number of nitrogens with zero attached hydrogens (tertiary/aromatic N) is 2. The van der Waals surface area contributed by atoms with E-state index in [2.05, 4.69) is 4.98 Å². The summed E-state index contributed by atoms with van der Waals surface area (Å²) < 4.78 is 15.9. The van der Waals surface area contributed by atoms with Crippen LogP contribution in [-0.2, 0) is 14.3 Å². The summed E-state index contributed by atoms with van der Waals surface area (Å²) in [7, 11) is 2.93. The van der Waals surface area contributed by atoms with Crippen LogP contribution in [0.5, 0.6) is 11.5 Å². The number of rotatable bonds is 7. The van der Waals surface area contributed by atoms with Gasteiger partial charge in [0.2, 0.25) is 0 Å². The maximum atomic E-state index is 13.4. The molecule has 1 amide bonds. The number of anilines is 1. The van der Waals surface area contributed by atoms with Gasteiger partial charge in [-0.15, -0.1) is 0 Å². The van der Waals surface area contributed by atoms with Gasteiger partial charge in [-0.05, 0) is 61.9 Å². The Morgan fingerprint density at radius 3 is 2.38 bits per heavy atom. The van der Waals surface area contributed by atoms with Crippen molar-refractivity contribution in [3.05, 3.63) is 89.3 Å². The van der Waals surface area contributed by atoms with Gasteiger partial charge in [0.1, 0.15) is 5.76 Å². The van der Waals surface area contributed by atoms with Crippen molar-refractivity contribution in [1.82, 2.24) is 4.98 Å². The zero-order chi connectivity index (χ0) is 26.7. The van der Waals surface area contributed by atoms with Gasteiger partial charge in [-0.2, -0.15) is 0 Å². The van der Waals surface area contributed by atoms with Gasteiger partial charge in [-0.3, -0.25) is 19.5 Å². The zero-order valence-corrected chi connectivity index (χ0v) is 20.8. The standard InChI is InChI=1S/C28H26N2O7/c1-16(2)37-28(34)18-7-5-9-20(13-18)30-24(19-8-6-12-29-15-19)23(26(32)27(30)33)25(31)17-10-11-21(35-3)22(14-17)36-4/h5-16,24,31H,1-4H3/b25-23+. The number of pyridine rings is 1. The molecule has 1 N–H and O–H groups in total. The molecule has 1 unspecified atom stereocenters. The Bertz CT molecular complexity index is 1380. The number of amides is 1. The van der Waals surface area contributed by atoms with Crippen LogP contribution in [0.25, 0.3) is 5.76 Å². The molecule has 0 spiro atoms. The molecule has 1 aliphatic rings. The average Bonchev–Trinajstić information content (AvgIpc) is 3.18. The summed E-state index contributed by atoms with van der Waals surface area (Å²) in [4.78, 5) is 44.6. The largest absolute Gasteiger partial charge is 0.507 e. The topological polar surface area (TPSA) is 115 Å². The highest BCUT2D eigenvalue weighted by Crippen LogP contribution is 2.43. The summed E-state index contributed by atoms with van der Waals surface area (Å²) in [5.74, 6) is -1.90. The van der Waals surface area contributed by atoms with Gasteiger partial charge in [-0.1, -0.05) is 12.1 Å². The van der Waals surface area contributed by atoms with Crippen molar-refractivity contribution in [2.24, 2.45) is 0 Å². The number of aromatic nitrogens is 1. The Kier molecular flexibility index (Phi) is 7.24. The van der Waals surface area contributed by atoms with Crippen LogP contribution >= 0.6 is 0 Å². The van der Waals surface area contributed by atoms with Gasteiger partial charge in [0.25, 0.3) is 11.7 Å².